The van der Waals surface area contributed by atoms with Gasteiger partial charge in [-0.3, -0.25) is 4.79 Å². The molecule has 9 heteroatoms. The highest BCUT2D eigenvalue weighted by Crippen LogP contribution is 2.30. The molecule has 0 aliphatic carbocycles. The van der Waals surface area contributed by atoms with Gasteiger partial charge in [-0.2, -0.15) is 0 Å². The minimum atomic E-state index is -0.636. The van der Waals surface area contributed by atoms with Crippen molar-refractivity contribution in [2.24, 2.45) is 0 Å². The van der Waals surface area contributed by atoms with E-state index in [0.717, 1.165) is 24.0 Å². The monoisotopic (exact) mass is 546 g/mol. The Balaban J connectivity index is 0.00000106. The van der Waals surface area contributed by atoms with Gasteiger partial charge in [0.2, 0.25) is 0 Å². The van der Waals surface area contributed by atoms with Gasteiger partial charge in [0.25, 0.3) is 5.91 Å². The summed E-state index contributed by atoms with van der Waals surface area (Å²) in [5.74, 6) is 0.594. The summed E-state index contributed by atoms with van der Waals surface area (Å²) < 4.78 is 10.4. The van der Waals surface area contributed by atoms with E-state index in [4.69, 9.17) is 39.8 Å². The molecule has 0 radical (unpaired) electrons. The molecule has 0 saturated heterocycles. The van der Waals surface area contributed by atoms with Crippen LogP contribution in [-0.2, 0) is 20.7 Å². The fourth-order valence-corrected chi connectivity index (χ4v) is 3.50. The van der Waals surface area contributed by atoms with Crippen molar-refractivity contribution in [3.05, 3.63) is 87.7 Å². The third-order valence-electron chi connectivity index (χ3n) is 5.11. The molecule has 1 atom stereocenters. The van der Waals surface area contributed by atoms with Crippen LogP contribution in [0.4, 0.5) is 0 Å². The van der Waals surface area contributed by atoms with Crippen LogP contribution in [0.25, 0.3) is 17.4 Å². The number of nitrogens with zero attached hydrogens (tertiary/aromatic N) is 1. The van der Waals surface area contributed by atoms with Crippen LogP contribution in [0.1, 0.15) is 18.2 Å². The van der Waals surface area contributed by atoms with E-state index in [-0.39, 0.29) is 5.70 Å². The number of hydrogen-bond donors (Lipinski definition) is 1. The van der Waals surface area contributed by atoms with Gasteiger partial charge in [-0.1, -0.05) is 65.8 Å². The number of amides is 1. The molecule has 0 fully saturated rings. The number of methoxy groups -OCH3 is 1. The van der Waals surface area contributed by atoms with Crippen LogP contribution in [0.15, 0.2) is 70.8 Å². The summed E-state index contributed by atoms with van der Waals surface area (Å²) >= 11 is 16.9. The number of aldehydes is 1. The van der Waals surface area contributed by atoms with Crippen molar-refractivity contribution in [2.45, 2.75) is 19.4 Å². The fourth-order valence-electron chi connectivity index (χ4n) is 3.08. The van der Waals surface area contributed by atoms with E-state index in [0.29, 0.717) is 28.0 Å². The number of nitrogens with one attached hydrogen (secondary N) is 1. The third kappa shape index (κ3) is 8.60. The maximum Gasteiger partial charge on any atom is 0.270 e. The standard InChI is InChI=1S/C24H20Cl2N2O3S.C3H8O/c1-28(18(14-29)11-16-5-3-2-4-6-16)24(30)22(27-15-32)13-19-8-10-23(31-19)17-7-9-20(25)21(26)12-17;1-3-4-2/h2-10,12-15,18H,11H2,1H3,(H,27,32);3H2,1-2H3/b22-13+;. The van der Waals surface area contributed by atoms with Crippen LogP contribution < -0.4 is 5.32 Å². The first-order valence-electron chi connectivity index (χ1n) is 11.1. The van der Waals surface area contributed by atoms with E-state index >= 15 is 0 Å². The highest BCUT2D eigenvalue weighted by molar-refractivity contribution is 7.78. The summed E-state index contributed by atoms with van der Waals surface area (Å²) in [6.45, 7) is 2.78. The zero-order chi connectivity index (χ0) is 26.5. The Morgan fingerprint density at radius 1 is 1.14 bits per heavy atom. The zero-order valence-electron chi connectivity index (χ0n) is 20.2. The van der Waals surface area contributed by atoms with Crippen molar-refractivity contribution in [1.82, 2.24) is 10.2 Å². The molecular formula is C27H28Cl2N2O4S. The number of carbonyl (C=O) groups excluding carboxylic acids is 2. The number of halogens is 2. The maximum absolute atomic E-state index is 13.1. The first-order valence-corrected chi connectivity index (χ1v) is 12.3. The molecule has 0 saturated carbocycles. The Morgan fingerprint density at radius 2 is 1.83 bits per heavy atom. The number of hydrogen-bond acceptors (Lipinski definition) is 5. The van der Waals surface area contributed by atoms with Crippen molar-refractivity contribution in [1.29, 1.82) is 0 Å². The number of benzene rings is 2. The zero-order valence-corrected chi connectivity index (χ0v) is 22.6. The molecule has 1 unspecified atom stereocenters. The average Bonchev–Trinajstić information content (AvgIpc) is 3.37. The Bertz CT molecular complexity index is 1180. The second-order valence-corrected chi connectivity index (χ2v) is 8.59. The second-order valence-electron chi connectivity index (χ2n) is 7.54. The Morgan fingerprint density at radius 3 is 2.42 bits per heavy atom. The van der Waals surface area contributed by atoms with Crippen LogP contribution in [0.5, 0.6) is 0 Å². The second kappa shape index (κ2) is 15.2. The molecule has 1 aromatic heterocycles. The molecule has 1 heterocycles. The van der Waals surface area contributed by atoms with Crippen LogP contribution in [-0.4, -0.2) is 49.4 Å². The highest BCUT2D eigenvalue weighted by Gasteiger charge is 2.23. The molecule has 0 aliphatic heterocycles. The normalized spacial score (nSPS) is 11.6. The molecule has 3 aromatic rings. The molecule has 3 rings (SSSR count). The van der Waals surface area contributed by atoms with Crippen molar-refractivity contribution in [2.75, 3.05) is 20.8 Å². The number of carbonyl (C=O) groups is 2. The molecule has 1 N–H and O–H groups in total. The summed E-state index contributed by atoms with van der Waals surface area (Å²) in [4.78, 5) is 26.2. The van der Waals surface area contributed by atoms with Crippen molar-refractivity contribution in [3.8, 4) is 11.3 Å². The molecule has 1 amide bonds. The van der Waals surface area contributed by atoms with Gasteiger partial charge in [0.05, 0.1) is 21.6 Å². The lowest BCUT2D eigenvalue weighted by Gasteiger charge is -2.25. The molecule has 0 bridgehead atoms. The summed E-state index contributed by atoms with van der Waals surface area (Å²) in [6, 6.07) is 17.5. The van der Waals surface area contributed by atoms with E-state index < -0.39 is 11.9 Å². The van der Waals surface area contributed by atoms with E-state index in [2.05, 4.69) is 10.1 Å². The molecule has 190 valence electrons. The van der Waals surface area contributed by atoms with Crippen LogP contribution in [0.2, 0.25) is 10.0 Å². The summed E-state index contributed by atoms with van der Waals surface area (Å²) in [7, 11) is 3.26. The first-order chi connectivity index (χ1) is 17.3. The Labute approximate surface area is 226 Å². The number of thiocarbonyl (C=S) groups is 1. The van der Waals surface area contributed by atoms with Crippen molar-refractivity contribution >= 4 is 59.2 Å². The lowest BCUT2D eigenvalue weighted by molar-refractivity contribution is -0.131. The number of likely N-dealkylation sites (N-methyl/N-ethyl adjacent to an activating group) is 1. The predicted molar refractivity (Wildman–Crippen MR) is 149 cm³/mol. The Kier molecular flexibility index (Phi) is 12.4. The third-order valence-corrected chi connectivity index (χ3v) is 5.97. The Hall–Kier alpha value is -2.97. The fraction of sp³-hybridized carbons (Fsp3) is 0.222. The smallest absolute Gasteiger partial charge is 0.270 e. The van der Waals surface area contributed by atoms with Crippen LogP contribution in [0, 0.1) is 0 Å². The topological polar surface area (TPSA) is 71.8 Å². The molecular weight excluding hydrogens is 519 g/mol. The molecule has 36 heavy (non-hydrogen) atoms. The van der Waals surface area contributed by atoms with Gasteiger partial charge in [-0.05, 0) is 49.2 Å². The van der Waals surface area contributed by atoms with Gasteiger partial charge in [0.1, 0.15) is 23.5 Å². The minimum Gasteiger partial charge on any atom is -0.457 e. The lowest BCUT2D eigenvalue weighted by Crippen LogP contribution is -2.42. The van der Waals surface area contributed by atoms with E-state index in [1.807, 2.05) is 37.3 Å². The van der Waals surface area contributed by atoms with E-state index in [1.165, 1.54) is 16.5 Å². The van der Waals surface area contributed by atoms with E-state index in [1.54, 1.807) is 44.5 Å². The van der Waals surface area contributed by atoms with Crippen molar-refractivity contribution < 1.29 is 18.7 Å². The van der Waals surface area contributed by atoms with Crippen LogP contribution in [0.3, 0.4) is 0 Å². The van der Waals surface area contributed by atoms with E-state index in [9.17, 15) is 9.59 Å². The number of ether oxygens (including phenoxy) is 1. The molecule has 0 aliphatic rings. The average molecular weight is 548 g/mol. The maximum atomic E-state index is 13.1. The minimum absolute atomic E-state index is 0.178. The van der Waals surface area contributed by atoms with Gasteiger partial charge in [0.15, 0.2) is 0 Å². The van der Waals surface area contributed by atoms with Gasteiger partial charge in [-0.15, -0.1) is 0 Å². The lowest BCUT2D eigenvalue weighted by atomic mass is 10.1. The number of furan rings is 1. The van der Waals surface area contributed by atoms with Gasteiger partial charge < -0.3 is 24.2 Å². The predicted octanol–water partition coefficient (Wildman–Crippen LogP) is 6.06. The first kappa shape index (κ1) is 29.3. The molecule has 2 aromatic carbocycles. The van der Waals surface area contributed by atoms with Gasteiger partial charge >= 0.3 is 0 Å². The summed E-state index contributed by atoms with van der Waals surface area (Å²) in [5.41, 5.74) is 3.11. The molecule has 6 nitrogen and oxygen atoms in total. The highest BCUT2D eigenvalue weighted by atomic mass is 35.5. The summed E-state index contributed by atoms with van der Waals surface area (Å²) in [5, 5.41) is 3.63. The summed E-state index contributed by atoms with van der Waals surface area (Å²) in [6.07, 6.45) is 2.70. The van der Waals surface area contributed by atoms with Crippen LogP contribution >= 0.6 is 35.4 Å². The number of rotatable bonds is 10. The largest absolute Gasteiger partial charge is 0.457 e. The SMILES string of the molecule is CCOC.CN(C(=O)/C(=C\c1ccc(-c2ccc(Cl)c(Cl)c2)o1)NC=S)C(C=O)Cc1ccccc1. The quantitative estimate of drug-likeness (QED) is 0.189. The van der Waals surface area contributed by atoms with Crippen molar-refractivity contribution in [3.63, 3.8) is 0 Å². The van der Waals surface area contributed by atoms with Gasteiger partial charge in [0, 0.05) is 32.4 Å². The molecule has 0 spiro atoms. The van der Waals surface area contributed by atoms with Gasteiger partial charge in [-0.25, -0.2) is 0 Å².